The maximum atomic E-state index is 5.49. The number of morpholine rings is 1. The molecule has 1 N–H and O–H groups in total. The Morgan fingerprint density at radius 2 is 1.75 bits per heavy atom. The van der Waals surface area contributed by atoms with Crippen LogP contribution in [0.3, 0.4) is 0 Å². The Kier molecular flexibility index (Phi) is 10.8. The van der Waals surface area contributed by atoms with Gasteiger partial charge in [0.05, 0.1) is 13.2 Å². The molecule has 3 saturated heterocycles. The van der Waals surface area contributed by atoms with Crippen LogP contribution in [0.15, 0.2) is 4.99 Å². The molecule has 3 rings (SSSR count). The fourth-order valence-corrected chi connectivity index (χ4v) is 5.14. The molecule has 3 atom stereocenters. The standard InChI is InChI=1S/C21H41N5O.HI/c1-18-14-19(2)16-24(15-18)8-5-4-7-23-21(22-3)26-9-6-20(17-26)25-10-12-27-13-11-25;/h18-20H,4-17H2,1-3H3,(H,22,23);1H. The molecule has 0 radical (unpaired) electrons. The van der Waals surface area contributed by atoms with E-state index in [1.807, 2.05) is 7.05 Å². The molecule has 0 spiro atoms. The lowest BCUT2D eigenvalue weighted by Gasteiger charge is -2.35. The lowest BCUT2D eigenvalue weighted by Crippen LogP contribution is -2.46. The fraction of sp³-hybridized carbons (Fsp3) is 0.952. The van der Waals surface area contributed by atoms with Gasteiger partial charge in [-0.1, -0.05) is 13.8 Å². The molecule has 3 aliphatic rings. The first-order valence-corrected chi connectivity index (χ1v) is 11.2. The Labute approximate surface area is 189 Å². The van der Waals surface area contributed by atoms with Gasteiger partial charge in [0, 0.05) is 58.9 Å². The smallest absolute Gasteiger partial charge is 0.193 e. The number of ether oxygens (including phenoxy) is 1. The predicted molar refractivity (Wildman–Crippen MR) is 128 cm³/mol. The van der Waals surface area contributed by atoms with Crippen LogP contribution in [-0.2, 0) is 4.74 Å². The molecule has 164 valence electrons. The molecule has 0 saturated carbocycles. The van der Waals surface area contributed by atoms with E-state index < -0.39 is 0 Å². The molecule has 0 amide bonds. The second-order valence-electron chi connectivity index (χ2n) is 8.92. The van der Waals surface area contributed by atoms with Crippen molar-refractivity contribution in [3.8, 4) is 0 Å². The predicted octanol–water partition coefficient (Wildman–Crippen LogP) is 2.34. The molecular weight excluding hydrogens is 465 g/mol. The molecule has 3 heterocycles. The van der Waals surface area contributed by atoms with Crippen LogP contribution in [-0.4, -0.2) is 99.3 Å². The van der Waals surface area contributed by atoms with Gasteiger partial charge in [-0.25, -0.2) is 0 Å². The number of guanidine groups is 1. The number of hydrogen-bond acceptors (Lipinski definition) is 4. The third kappa shape index (κ3) is 7.29. The minimum Gasteiger partial charge on any atom is -0.379 e. The molecule has 0 aromatic carbocycles. The summed E-state index contributed by atoms with van der Waals surface area (Å²) in [7, 11) is 1.92. The van der Waals surface area contributed by atoms with Crippen molar-refractivity contribution < 1.29 is 4.74 Å². The highest BCUT2D eigenvalue weighted by Crippen LogP contribution is 2.21. The minimum atomic E-state index is 0. The van der Waals surface area contributed by atoms with Gasteiger partial charge in [-0.15, -0.1) is 24.0 Å². The number of nitrogens with one attached hydrogen (secondary N) is 1. The van der Waals surface area contributed by atoms with Gasteiger partial charge in [0.2, 0.25) is 0 Å². The zero-order valence-corrected chi connectivity index (χ0v) is 20.6. The summed E-state index contributed by atoms with van der Waals surface area (Å²) < 4.78 is 5.49. The minimum absolute atomic E-state index is 0. The van der Waals surface area contributed by atoms with Crippen LogP contribution in [0.25, 0.3) is 0 Å². The van der Waals surface area contributed by atoms with E-state index in [-0.39, 0.29) is 24.0 Å². The van der Waals surface area contributed by atoms with Crippen molar-refractivity contribution in [3.05, 3.63) is 0 Å². The van der Waals surface area contributed by atoms with Crippen LogP contribution in [0.2, 0.25) is 0 Å². The molecule has 0 bridgehead atoms. The van der Waals surface area contributed by atoms with Gasteiger partial charge < -0.3 is 19.9 Å². The zero-order valence-electron chi connectivity index (χ0n) is 18.2. The van der Waals surface area contributed by atoms with Gasteiger partial charge in [0.15, 0.2) is 5.96 Å². The van der Waals surface area contributed by atoms with Crippen molar-refractivity contribution in [2.24, 2.45) is 16.8 Å². The SMILES string of the molecule is CN=C(NCCCCN1CC(C)CC(C)C1)N1CCC(N2CCOCC2)C1.I. The summed E-state index contributed by atoms with van der Waals surface area (Å²) in [6.45, 7) is 15.8. The summed E-state index contributed by atoms with van der Waals surface area (Å²) in [6.07, 6.45) is 5.14. The Balaban J connectivity index is 0.00000280. The van der Waals surface area contributed by atoms with Gasteiger partial charge in [0.1, 0.15) is 0 Å². The Bertz CT molecular complexity index is 462. The van der Waals surface area contributed by atoms with Crippen LogP contribution in [0.5, 0.6) is 0 Å². The summed E-state index contributed by atoms with van der Waals surface area (Å²) in [5, 5.41) is 3.60. The largest absolute Gasteiger partial charge is 0.379 e. The number of unbranched alkanes of at least 4 members (excludes halogenated alkanes) is 1. The third-order valence-corrected chi connectivity index (χ3v) is 6.37. The second-order valence-corrected chi connectivity index (χ2v) is 8.92. The number of aliphatic imine (C=N–C) groups is 1. The zero-order chi connectivity index (χ0) is 19.1. The van der Waals surface area contributed by atoms with Gasteiger partial charge in [-0.05, 0) is 44.1 Å². The van der Waals surface area contributed by atoms with Gasteiger partial charge in [-0.2, -0.15) is 0 Å². The highest BCUT2D eigenvalue weighted by Gasteiger charge is 2.30. The Morgan fingerprint density at radius 3 is 2.43 bits per heavy atom. The van der Waals surface area contributed by atoms with E-state index in [4.69, 9.17) is 4.74 Å². The number of piperidine rings is 1. The highest BCUT2D eigenvalue weighted by atomic mass is 127. The number of rotatable bonds is 6. The van der Waals surface area contributed by atoms with Crippen molar-refractivity contribution in [2.45, 2.75) is 45.6 Å². The van der Waals surface area contributed by atoms with Crippen LogP contribution in [0.4, 0.5) is 0 Å². The number of likely N-dealkylation sites (tertiary alicyclic amines) is 2. The highest BCUT2D eigenvalue weighted by molar-refractivity contribution is 14.0. The summed E-state index contributed by atoms with van der Waals surface area (Å²) >= 11 is 0. The van der Waals surface area contributed by atoms with Crippen LogP contribution >= 0.6 is 24.0 Å². The third-order valence-electron chi connectivity index (χ3n) is 6.37. The van der Waals surface area contributed by atoms with E-state index in [9.17, 15) is 0 Å². The summed E-state index contributed by atoms with van der Waals surface area (Å²) in [6, 6.07) is 0.663. The molecule has 3 unspecified atom stereocenters. The quantitative estimate of drug-likeness (QED) is 0.259. The number of hydrogen-bond donors (Lipinski definition) is 1. The number of nitrogens with zero attached hydrogens (tertiary/aromatic N) is 4. The van der Waals surface area contributed by atoms with Crippen molar-refractivity contribution in [1.82, 2.24) is 20.0 Å². The van der Waals surface area contributed by atoms with E-state index in [1.165, 1.54) is 45.3 Å². The monoisotopic (exact) mass is 507 g/mol. The van der Waals surface area contributed by atoms with E-state index in [2.05, 4.69) is 38.9 Å². The summed E-state index contributed by atoms with van der Waals surface area (Å²) in [5.74, 6) is 2.81. The maximum Gasteiger partial charge on any atom is 0.193 e. The molecule has 28 heavy (non-hydrogen) atoms. The molecule has 3 aliphatic heterocycles. The summed E-state index contributed by atoms with van der Waals surface area (Å²) in [5.41, 5.74) is 0. The lowest BCUT2D eigenvalue weighted by molar-refractivity contribution is 0.0195. The maximum absolute atomic E-state index is 5.49. The van der Waals surface area contributed by atoms with Crippen molar-refractivity contribution >= 4 is 29.9 Å². The Morgan fingerprint density at radius 1 is 1.04 bits per heavy atom. The van der Waals surface area contributed by atoms with Crippen LogP contribution in [0, 0.1) is 11.8 Å². The summed E-state index contributed by atoms with van der Waals surface area (Å²) in [4.78, 5) is 12.2. The normalized spacial score (nSPS) is 30.3. The topological polar surface area (TPSA) is 43.3 Å². The number of halogens is 1. The second kappa shape index (κ2) is 12.5. The first-order valence-electron chi connectivity index (χ1n) is 11.2. The lowest BCUT2D eigenvalue weighted by atomic mass is 9.92. The fourth-order valence-electron chi connectivity index (χ4n) is 5.14. The average molecular weight is 508 g/mol. The molecule has 7 heteroatoms. The van der Waals surface area contributed by atoms with Crippen molar-refractivity contribution in [3.63, 3.8) is 0 Å². The first kappa shape index (κ1) is 24.2. The van der Waals surface area contributed by atoms with Gasteiger partial charge >= 0.3 is 0 Å². The first-order chi connectivity index (χ1) is 13.2. The van der Waals surface area contributed by atoms with E-state index in [0.717, 1.165) is 63.7 Å². The average Bonchev–Trinajstić information content (AvgIpc) is 3.14. The van der Waals surface area contributed by atoms with Crippen molar-refractivity contribution in [1.29, 1.82) is 0 Å². The molecule has 3 fully saturated rings. The molecule has 0 aromatic rings. The molecule has 0 aliphatic carbocycles. The van der Waals surface area contributed by atoms with Crippen LogP contribution < -0.4 is 5.32 Å². The van der Waals surface area contributed by atoms with E-state index in [1.54, 1.807) is 0 Å². The van der Waals surface area contributed by atoms with E-state index >= 15 is 0 Å². The van der Waals surface area contributed by atoms with Crippen molar-refractivity contribution in [2.75, 3.05) is 72.6 Å². The van der Waals surface area contributed by atoms with Crippen LogP contribution in [0.1, 0.15) is 39.5 Å². The molecular formula is C21H42IN5O. The van der Waals surface area contributed by atoms with Gasteiger partial charge in [0.25, 0.3) is 0 Å². The van der Waals surface area contributed by atoms with Gasteiger partial charge in [-0.3, -0.25) is 9.89 Å². The molecule has 0 aromatic heterocycles. The van der Waals surface area contributed by atoms with E-state index in [0.29, 0.717) is 6.04 Å². The molecule has 6 nitrogen and oxygen atoms in total. The Hall–Kier alpha value is -0.120.